The number of hydrogen-bond donors (Lipinski definition) is 0. The van der Waals surface area contributed by atoms with E-state index >= 15 is 0 Å². The first-order valence-electron chi connectivity index (χ1n) is 19.3. The standard InChI is InChI=1S/C48H44N6/c1-31-46-40(23-25-51(31)3)38-19-11-13-21-44(38)53(46)36-27-35(43-30-42(33-15-7-5-8-16-33)49-48(50-43)34-17-9-6-10-18-34)28-37(29-36)54-45-22-14-12-20-39(45)41-24-26-52(4)32(2)47(41)54/h5-22,27-32H,23-26H2,1-4H3. The minimum absolute atomic E-state index is 0.260. The van der Waals surface area contributed by atoms with E-state index < -0.39 is 0 Å². The Morgan fingerprint density at radius 2 is 0.926 bits per heavy atom. The largest absolute Gasteiger partial charge is 0.312 e. The molecule has 0 amide bonds. The van der Waals surface area contributed by atoms with Crippen LogP contribution >= 0.6 is 0 Å². The highest BCUT2D eigenvalue weighted by Gasteiger charge is 2.31. The van der Waals surface area contributed by atoms with Crippen LogP contribution in [0.15, 0.2) is 133 Å². The Morgan fingerprint density at radius 3 is 1.44 bits per heavy atom. The van der Waals surface area contributed by atoms with Gasteiger partial charge in [0.2, 0.25) is 0 Å². The maximum Gasteiger partial charge on any atom is 0.160 e. The summed E-state index contributed by atoms with van der Waals surface area (Å²) in [6, 6.07) is 48.6. The fourth-order valence-electron chi connectivity index (χ4n) is 9.06. The van der Waals surface area contributed by atoms with Gasteiger partial charge < -0.3 is 9.13 Å². The Balaban J connectivity index is 1.30. The van der Waals surface area contributed by atoms with E-state index in [0.29, 0.717) is 0 Å². The highest BCUT2D eigenvalue weighted by atomic mass is 15.2. The van der Waals surface area contributed by atoms with E-state index in [0.717, 1.165) is 71.2 Å². The van der Waals surface area contributed by atoms with E-state index in [1.807, 2.05) is 6.07 Å². The molecule has 5 aromatic carbocycles. The van der Waals surface area contributed by atoms with E-state index in [-0.39, 0.29) is 12.1 Å². The van der Waals surface area contributed by atoms with E-state index in [4.69, 9.17) is 9.97 Å². The van der Waals surface area contributed by atoms with Crippen molar-refractivity contribution in [1.29, 1.82) is 0 Å². The number of nitrogens with zero attached hydrogens (tertiary/aromatic N) is 6. The summed E-state index contributed by atoms with van der Waals surface area (Å²) >= 11 is 0. The maximum absolute atomic E-state index is 5.35. The molecule has 2 aliphatic rings. The molecular weight excluding hydrogens is 661 g/mol. The Hall–Kier alpha value is -5.82. The Morgan fingerprint density at radius 1 is 0.481 bits per heavy atom. The second-order valence-electron chi connectivity index (χ2n) is 15.2. The van der Waals surface area contributed by atoms with Gasteiger partial charge in [0, 0.05) is 75.4 Å². The van der Waals surface area contributed by atoms with Crippen molar-refractivity contribution in [3.63, 3.8) is 0 Å². The van der Waals surface area contributed by atoms with Crippen molar-refractivity contribution >= 4 is 21.8 Å². The zero-order valence-electron chi connectivity index (χ0n) is 31.4. The lowest BCUT2D eigenvalue weighted by Gasteiger charge is -2.32. The van der Waals surface area contributed by atoms with Crippen molar-refractivity contribution in [1.82, 2.24) is 28.9 Å². The molecule has 0 spiro atoms. The Kier molecular flexibility index (Phi) is 7.86. The molecule has 2 aliphatic heterocycles. The summed E-state index contributed by atoms with van der Waals surface area (Å²) in [7, 11) is 4.51. The predicted octanol–water partition coefficient (Wildman–Crippen LogP) is 10.5. The molecule has 2 unspecified atom stereocenters. The van der Waals surface area contributed by atoms with Crippen LogP contribution in [0.3, 0.4) is 0 Å². The van der Waals surface area contributed by atoms with Crippen molar-refractivity contribution < 1.29 is 0 Å². The Bertz CT molecular complexity index is 2510. The van der Waals surface area contributed by atoms with Crippen LogP contribution in [0.25, 0.3) is 67.1 Å². The molecule has 6 heteroatoms. The second-order valence-corrected chi connectivity index (χ2v) is 15.2. The predicted molar refractivity (Wildman–Crippen MR) is 222 cm³/mol. The van der Waals surface area contributed by atoms with Crippen LogP contribution in [0.2, 0.25) is 0 Å². The number of hydrogen-bond acceptors (Lipinski definition) is 4. The number of para-hydroxylation sites is 2. The van der Waals surface area contributed by atoms with Crippen LogP contribution in [0, 0.1) is 0 Å². The van der Waals surface area contributed by atoms with Crippen molar-refractivity contribution in [3.05, 3.63) is 156 Å². The summed E-state index contributed by atoms with van der Waals surface area (Å²) in [5, 5.41) is 2.69. The lowest BCUT2D eigenvalue weighted by Crippen LogP contribution is -2.31. The zero-order chi connectivity index (χ0) is 36.5. The molecule has 0 saturated heterocycles. The van der Waals surface area contributed by atoms with Crippen LogP contribution in [-0.4, -0.2) is 56.1 Å². The van der Waals surface area contributed by atoms with Crippen molar-refractivity contribution in [2.45, 2.75) is 38.8 Å². The topological polar surface area (TPSA) is 42.1 Å². The molecule has 10 rings (SSSR count). The first-order chi connectivity index (χ1) is 26.4. The SMILES string of the molecule is CC1c2c(c3ccccc3n2-c2cc(-c3cc(-c4ccccc4)nc(-c4ccccc4)n3)cc(-n3c4c(c5ccccc53)CCN(C)C4C)c2)CCN1C. The summed E-state index contributed by atoms with van der Waals surface area (Å²) in [5.41, 5.74) is 15.4. The van der Waals surface area contributed by atoms with Crippen molar-refractivity contribution in [3.8, 4) is 45.3 Å². The highest BCUT2D eigenvalue weighted by Crippen LogP contribution is 2.43. The molecule has 8 aromatic rings. The van der Waals surface area contributed by atoms with Crippen molar-refractivity contribution in [2.75, 3.05) is 27.2 Å². The van der Waals surface area contributed by atoms with Crippen LogP contribution in [0.4, 0.5) is 0 Å². The molecule has 0 N–H and O–H groups in total. The molecule has 0 fully saturated rings. The monoisotopic (exact) mass is 704 g/mol. The third kappa shape index (κ3) is 5.24. The van der Waals surface area contributed by atoms with Gasteiger partial charge in [0.05, 0.1) is 22.4 Å². The van der Waals surface area contributed by atoms with Gasteiger partial charge >= 0.3 is 0 Å². The summed E-state index contributed by atoms with van der Waals surface area (Å²) < 4.78 is 5.09. The fraction of sp³-hybridized carbons (Fsp3) is 0.208. The summed E-state index contributed by atoms with van der Waals surface area (Å²) in [4.78, 5) is 15.5. The smallest absolute Gasteiger partial charge is 0.160 e. The lowest BCUT2D eigenvalue weighted by atomic mass is 9.98. The summed E-state index contributed by atoms with van der Waals surface area (Å²) in [6.45, 7) is 6.81. The molecule has 6 nitrogen and oxygen atoms in total. The average molecular weight is 705 g/mol. The average Bonchev–Trinajstić information content (AvgIpc) is 3.75. The fourth-order valence-corrected chi connectivity index (χ4v) is 9.06. The van der Waals surface area contributed by atoms with E-state index in [1.54, 1.807) is 0 Å². The number of benzene rings is 5. The third-order valence-corrected chi connectivity index (χ3v) is 12.1. The molecular formula is C48H44N6. The third-order valence-electron chi connectivity index (χ3n) is 12.1. The van der Waals surface area contributed by atoms with E-state index in [9.17, 15) is 0 Å². The van der Waals surface area contributed by atoms with Gasteiger partial charge in [-0.2, -0.15) is 0 Å². The van der Waals surface area contributed by atoms with Gasteiger partial charge in [-0.05, 0) is 88.3 Å². The van der Waals surface area contributed by atoms with E-state index in [1.165, 1.54) is 44.3 Å². The van der Waals surface area contributed by atoms with Gasteiger partial charge in [-0.3, -0.25) is 9.80 Å². The van der Waals surface area contributed by atoms with Crippen LogP contribution in [0.5, 0.6) is 0 Å². The molecule has 54 heavy (non-hydrogen) atoms. The summed E-state index contributed by atoms with van der Waals surface area (Å²) in [5.74, 6) is 0.719. The van der Waals surface area contributed by atoms with Gasteiger partial charge in [-0.15, -0.1) is 0 Å². The zero-order valence-corrected chi connectivity index (χ0v) is 31.4. The molecule has 0 bridgehead atoms. The number of fused-ring (bicyclic) bond motifs is 6. The minimum atomic E-state index is 0.260. The molecule has 2 atom stereocenters. The second kappa shape index (κ2) is 12.9. The van der Waals surface area contributed by atoms with Gasteiger partial charge in [0.15, 0.2) is 5.82 Å². The molecule has 0 aliphatic carbocycles. The molecule has 0 saturated carbocycles. The Labute approximate surface area is 317 Å². The van der Waals surface area contributed by atoms with Crippen LogP contribution in [0.1, 0.15) is 48.4 Å². The minimum Gasteiger partial charge on any atom is -0.312 e. The molecule has 0 radical (unpaired) electrons. The number of likely N-dealkylation sites (N-methyl/N-ethyl adjacent to an activating group) is 2. The maximum atomic E-state index is 5.35. The molecule has 3 aromatic heterocycles. The normalized spacial score (nSPS) is 17.6. The van der Waals surface area contributed by atoms with Crippen LogP contribution < -0.4 is 0 Å². The van der Waals surface area contributed by atoms with Gasteiger partial charge in [0.1, 0.15) is 0 Å². The van der Waals surface area contributed by atoms with Gasteiger partial charge in [0.25, 0.3) is 0 Å². The van der Waals surface area contributed by atoms with Gasteiger partial charge in [-0.1, -0.05) is 97.1 Å². The lowest BCUT2D eigenvalue weighted by molar-refractivity contribution is 0.241. The number of rotatable bonds is 5. The molecule has 266 valence electrons. The molecule has 5 heterocycles. The first kappa shape index (κ1) is 32.8. The quantitative estimate of drug-likeness (QED) is 0.179. The van der Waals surface area contributed by atoms with Gasteiger partial charge in [-0.25, -0.2) is 9.97 Å². The first-order valence-corrected chi connectivity index (χ1v) is 19.3. The van der Waals surface area contributed by atoms with Crippen molar-refractivity contribution in [2.24, 2.45) is 0 Å². The van der Waals surface area contributed by atoms with E-state index in [2.05, 4.69) is 174 Å². The highest BCUT2D eigenvalue weighted by molar-refractivity contribution is 5.90. The summed E-state index contributed by atoms with van der Waals surface area (Å²) in [6.07, 6.45) is 2.06. The number of aromatic nitrogens is 4. The van der Waals surface area contributed by atoms with Crippen LogP contribution in [-0.2, 0) is 12.8 Å².